The summed E-state index contributed by atoms with van der Waals surface area (Å²) in [6, 6.07) is 0. The van der Waals surface area contributed by atoms with E-state index in [1.807, 2.05) is 0 Å². The van der Waals surface area contributed by atoms with Gasteiger partial charge in [-0.25, -0.2) is 0 Å². The first kappa shape index (κ1) is 13.6. The fourth-order valence-corrected chi connectivity index (χ4v) is 2.85. The van der Waals surface area contributed by atoms with Crippen LogP contribution in [0.2, 0.25) is 0 Å². The van der Waals surface area contributed by atoms with Crippen LogP contribution in [-0.4, -0.2) is 6.10 Å². The minimum absolute atomic E-state index is 0.385. The number of hydrogen-bond acceptors (Lipinski definition) is 1. The van der Waals surface area contributed by atoms with Crippen molar-refractivity contribution in [2.75, 3.05) is 0 Å². The highest BCUT2D eigenvalue weighted by Crippen LogP contribution is 2.34. The lowest BCUT2D eigenvalue weighted by Gasteiger charge is -2.23. The molecule has 0 amide bonds. The Morgan fingerprint density at radius 1 is 1.44 bits per heavy atom. The van der Waals surface area contributed by atoms with Crippen molar-refractivity contribution in [3.05, 3.63) is 12.3 Å². The topological polar surface area (TPSA) is 9.23 Å². The van der Waals surface area contributed by atoms with Gasteiger partial charge >= 0.3 is 0 Å². The Labute approximate surface area is 101 Å². The first-order chi connectivity index (χ1) is 7.28. The Balaban J connectivity index is 2.27. The maximum absolute atomic E-state index is 5.61. The van der Waals surface area contributed by atoms with E-state index in [1.165, 1.54) is 25.7 Å². The second kappa shape index (κ2) is 5.25. The second-order valence-electron chi connectivity index (χ2n) is 6.77. The Morgan fingerprint density at radius 2 is 2.06 bits per heavy atom. The monoisotopic (exact) mass is 224 g/mol. The summed E-state index contributed by atoms with van der Waals surface area (Å²) < 4.78 is 5.61. The lowest BCUT2D eigenvalue weighted by atomic mass is 9.82. The maximum atomic E-state index is 5.61. The van der Waals surface area contributed by atoms with Gasteiger partial charge in [0.15, 0.2) is 0 Å². The van der Waals surface area contributed by atoms with Crippen LogP contribution in [0.1, 0.15) is 60.3 Å². The predicted octanol–water partition coefficient (Wildman–Crippen LogP) is 4.78. The molecule has 16 heavy (non-hydrogen) atoms. The molecule has 0 aromatic heterocycles. The standard InChI is InChI=1S/C15H28O/c1-11(10-15(4,5)6)7-8-14-9-12(2)16-13(14)3/h11-12,14H,3,7-10H2,1-2,4-6H3/t11?,12?,14-/m1/s1. The molecule has 0 aromatic carbocycles. The molecule has 94 valence electrons. The third-order valence-electron chi connectivity index (χ3n) is 3.39. The summed E-state index contributed by atoms with van der Waals surface area (Å²) in [7, 11) is 0. The van der Waals surface area contributed by atoms with Crippen molar-refractivity contribution >= 4 is 0 Å². The molecule has 1 aliphatic heterocycles. The molecule has 1 aliphatic rings. The van der Waals surface area contributed by atoms with Crippen molar-refractivity contribution in [1.82, 2.24) is 0 Å². The summed E-state index contributed by atoms with van der Waals surface area (Å²) in [6.07, 6.45) is 5.41. The van der Waals surface area contributed by atoms with Crippen LogP contribution in [0.5, 0.6) is 0 Å². The molecule has 0 bridgehead atoms. The van der Waals surface area contributed by atoms with Crippen LogP contribution in [-0.2, 0) is 4.74 Å². The van der Waals surface area contributed by atoms with Crippen LogP contribution in [0.15, 0.2) is 12.3 Å². The van der Waals surface area contributed by atoms with E-state index in [0.29, 0.717) is 17.4 Å². The zero-order chi connectivity index (χ0) is 12.3. The SMILES string of the molecule is C=C1OC(C)C[C@H]1CCC(C)CC(C)(C)C. The van der Waals surface area contributed by atoms with Gasteiger partial charge in [-0.05, 0) is 43.9 Å². The van der Waals surface area contributed by atoms with Gasteiger partial charge in [0, 0.05) is 5.92 Å². The fraction of sp³-hybridized carbons (Fsp3) is 0.867. The van der Waals surface area contributed by atoms with E-state index in [1.54, 1.807) is 0 Å². The van der Waals surface area contributed by atoms with Crippen LogP contribution in [0, 0.1) is 17.3 Å². The van der Waals surface area contributed by atoms with E-state index in [0.717, 1.165) is 11.7 Å². The number of ether oxygens (including phenoxy) is 1. The quantitative estimate of drug-likeness (QED) is 0.668. The van der Waals surface area contributed by atoms with E-state index in [2.05, 4.69) is 41.2 Å². The minimum Gasteiger partial charge on any atom is -0.495 e. The number of rotatable bonds is 4. The van der Waals surface area contributed by atoms with Crippen molar-refractivity contribution < 1.29 is 4.74 Å². The molecule has 1 fully saturated rings. The predicted molar refractivity (Wildman–Crippen MR) is 70.3 cm³/mol. The molecule has 0 aliphatic carbocycles. The zero-order valence-corrected chi connectivity index (χ0v) is 11.7. The van der Waals surface area contributed by atoms with E-state index >= 15 is 0 Å². The van der Waals surface area contributed by atoms with Gasteiger partial charge < -0.3 is 4.74 Å². The second-order valence-corrected chi connectivity index (χ2v) is 6.77. The molecule has 1 heterocycles. The van der Waals surface area contributed by atoms with Crippen molar-refractivity contribution in [2.45, 2.75) is 66.4 Å². The third kappa shape index (κ3) is 4.59. The van der Waals surface area contributed by atoms with Crippen molar-refractivity contribution in [1.29, 1.82) is 0 Å². The summed E-state index contributed by atoms with van der Waals surface area (Å²) >= 11 is 0. The van der Waals surface area contributed by atoms with Gasteiger partial charge in [-0.3, -0.25) is 0 Å². The highest BCUT2D eigenvalue weighted by Gasteiger charge is 2.27. The van der Waals surface area contributed by atoms with Crippen LogP contribution in [0.25, 0.3) is 0 Å². The first-order valence-corrected chi connectivity index (χ1v) is 6.63. The summed E-state index contributed by atoms with van der Waals surface area (Å²) in [5, 5.41) is 0. The maximum Gasteiger partial charge on any atom is 0.0961 e. The Kier molecular flexibility index (Phi) is 4.46. The first-order valence-electron chi connectivity index (χ1n) is 6.63. The molecule has 3 atom stereocenters. The van der Waals surface area contributed by atoms with E-state index in [-0.39, 0.29) is 0 Å². The molecule has 0 aromatic rings. The number of hydrogen-bond donors (Lipinski definition) is 0. The third-order valence-corrected chi connectivity index (χ3v) is 3.39. The van der Waals surface area contributed by atoms with Crippen molar-refractivity contribution in [2.24, 2.45) is 17.3 Å². The summed E-state index contributed by atoms with van der Waals surface area (Å²) in [4.78, 5) is 0. The van der Waals surface area contributed by atoms with Gasteiger partial charge in [0.05, 0.1) is 11.9 Å². The molecule has 2 unspecified atom stereocenters. The van der Waals surface area contributed by atoms with Crippen LogP contribution in [0.3, 0.4) is 0 Å². The highest BCUT2D eigenvalue weighted by molar-refractivity contribution is 4.98. The molecule has 0 saturated carbocycles. The van der Waals surface area contributed by atoms with Crippen molar-refractivity contribution in [3.63, 3.8) is 0 Å². The molecule has 1 saturated heterocycles. The summed E-state index contributed by atoms with van der Waals surface area (Å²) in [5.41, 5.74) is 0.454. The molecule has 1 heteroatoms. The smallest absolute Gasteiger partial charge is 0.0961 e. The van der Waals surface area contributed by atoms with Crippen LogP contribution in [0.4, 0.5) is 0 Å². The highest BCUT2D eigenvalue weighted by atomic mass is 16.5. The van der Waals surface area contributed by atoms with Crippen LogP contribution < -0.4 is 0 Å². The van der Waals surface area contributed by atoms with Gasteiger partial charge in [-0.15, -0.1) is 0 Å². The Hall–Kier alpha value is -0.460. The lowest BCUT2D eigenvalue weighted by molar-refractivity contribution is 0.177. The summed E-state index contributed by atoms with van der Waals surface area (Å²) in [5.74, 6) is 2.44. The molecule has 1 rings (SSSR count). The van der Waals surface area contributed by atoms with E-state index in [9.17, 15) is 0 Å². The molecule has 0 radical (unpaired) electrons. The average molecular weight is 224 g/mol. The Morgan fingerprint density at radius 3 is 2.50 bits per heavy atom. The molecule has 1 nitrogen and oxygen atoms in total. The minimum atomic E-state index is 0.385. The average Bonchev–Trinajstić information content (AvgIpc) is 2.38. The van der Waals surface area contributed by atoms with Gasteiger partial charge in [0.25, 0.3) is 0 Å². The fourth-order valence-electron chi connectivity index (χ4n) is 2.85. The van der Waals surface area contributed by atoms with Gasteiger partial charge in [-0.2, -0.15) is 0 Å². The molecule has 0 spiro atoms. The molecular formula is C15H28O. The van der Waals surface area contributed by atoms with E-state index in [4.69, 9.17) is 4.74 Å². The van der Waals surface area contributed by atoms with Crippen molar-refractivity contribution in [3.8, 4) is 0 Å². The van der Waals surface area contributed by atoms with Gasteiger partial charge in [-0.1, -0.05) is 34.3 Å². The largest absolute Gasteiger partial charge is 0.495 e. The van der Waals surface area contributed by atoms with E-state index < -0.39 is 0 Å². The lowest BCUT2D eigenvalue weighted by Crippen LogP contribution is -2.12. The van der Waals surface area contributed by atoms with Gasteiger partial charge in [0.1, 0.15) is 0 Å². The Bertz CT molecular complexity index is 236. The normalized spacial score (nSPS) is 27.9. The molecular weight excluding hydrogens is 196 g/mol. The molecule has 0 N–H and O–H groups in total. The zero-order valence-electron chi connectivity index (χ0n) is 11.7. The van der Waals surface area contributed by atoms with Crippen LogP contribution >= 0.6 is 0 Å². The number of allylic oxidation sites excluding steroid dienone is 1. The van der Waals surface area contributed by atoms with Gasteiger partial charge in [0.2, 0.25) is 0 Å². The summed E-state index contributed by atoms with van der Waals surface area (Å²) in [6.45, 7) is 15.5.